The number of ether oxygens (including phenoxy) is 2. The zero-order chi connectivity index (χ0) is 32.9. The molecule has 10 heteroatoms. The van der Waals surface area contributed by atoms with Crippen molar-refractivity contribution >= 4 is 59.9 Å². The number of hydrogen-bond donors (Lipinski definition) is 6. The minimum absolute atomic E-state index is 0.156. The number of esters is 2. The topological polar surface area (TPSA) is 157 Å². The molecule has 8 nitrogen and oxygen atoms in total. The van der Waals surface area contributed by atoms with Crippen molar-refractivity contribution in [2.45, 2.75) is 9.49 Å². The van der Waals surface area contributed by atoms with Gasteiger partial charge in [0.2, 0.25) is 0 Å². The summed E-state index contributed by atoms with van der Waals surface area (Å²) < 4.78 is 9.25. The lowest BCUT2D eigenvalue weighted by Gasteiger charge is -2.31. The molecule has 0 radical (unpaired) electrons. The van der Waals surface area contributed by atoms with Crippen LogP contribution in [-0.4, -0.2) is 25.2 Å². The molecule has 0 saturated carbocycles. The third-order valence-corrected chi connectivity index (χ3v) is 9.03. The van der Waals surface area contributed by atoms with Crippen LogP contribution in [0, 0.1) is 0 Å². The van der Waals surface area contributed by atoms with Crippen molar-refractivity contribution < 1.29 is 19.1 Å². The maximum atomic E-state index is 13.2. The molecule has 5 aromatic rings. The number of anilines is 4. The molecule has 8 N–H and O–H groups in total. The molecule has 234 valence electrons. The van der Waals surface area contributed by atoms with Gasteiger partial charge in [-0.2, -0.15) is 25.3 Å². The van der Waals surface area contributed by atoms with Crippen LogP contribution in [0.3, 0.4) is 0 Å². The molecular weight excluding hydrogens is 617 g/mol. The molecule has 0 saturated heterocycles. The van der Waals surface area contributed by atoms with Crippen LogP contribution in [0.4, 0.5) is 22.7 Å². The second-order valence-corrected chi connectivity index (χ2v) is 12.3. The molecule has 0 heterocycles. The fraction of sp³-hybridized carbons (Fsp3) is 0.111. The highest BCUT2D eigenvalue weighted by molar-refractivity contribution is 7.81. The SMILES string of the molecule is Nc1ccccc1C(S)(COC(=O)c1ccc(C(=O)OCC(S)(c2ccccc2N)c2ccccc2N)cc1)c1ccccc1N. The highest BCUT2D eigenvalue weighted by Crippen LogP contribution is 2.43. The van der Waals surface area contributed by atoms with E-state index in [4.69, 9.17) is 57.7 Å². The van der Waals surface area contributed by atoms with E-state index in [1.54, 1.807) is 24.3 Å². The Balaban J connectivity index is 1.32. The van der Waals surface area contributed by atoms with Gasteiger partial charge in [-0.25, -0.2) is 9.59 Å². The van der Waals surface area contributed by atoms with Crippen molar-refractivity contribution in [3.8, 4) is 0 Å². The van der Waals surface area contributed by atoms with E-state index in [2.05, 4.69) is 0 Å². The zero-order valence-electron chi connectivity index (χ0n) is 24.8. The molecule has 5 aromatic carbocycles. The Morgan fingerprint density at radius 2 is 0.696 bits per heavy atom. The molecule has 0 spiro atoms. The number of rotatable bonds is 10. The zero-order valence-corrected chi connectivity index (χ0v) is 26.6. The first-order chi connectivity index (χ1) is 22.0. The van der Waals surface area contributed by atoms with Crippen LogP contribution >= 0.6 is 25.3 Å². The van der Waals surface area contributed by atoms with Gasteiger partial charge in [-0.15, -0.1) is 0 Å². The molecule has 46 heavy (non-hydrogen) atoms. The Kier molecular flexibility index (Phi) is 9.50. The van der Waals surface area contributed by atoms with E-state index < -0.39 is 21.4 Å². The number of para-hydroxylation sites is 4. The number of thiol groups is 2. The molecule has 0 atom stereocenters. The number of hydrogen-bond acceptors (Lipinski definition) is 10. The number of nitrogens with two attached hydrogens (primary N) is 4. The van der Waals surface area contributed by atoms with Gasteiger partial charge in [0.15, 0.2) is 0 Å². The monoisotopic (exact) mass is 650 g/mol. The number of nitrogen functional groups attached to an aromatic ring is 4. The minimum atomic E-state index is -1.13. The van der Waals surface area contributed by atoms with E-state index in [-0.39, 0.29) is 24.3 Å². The standard InChI is InChI=1S/C36H34N4O4S2/c37-29-13-5-1-9-25(29)35(45,26-10-2-6-14-30(26)38)21-43-33(41)23-17-19-24(20-18-23)34(42)44-22-36(46,27-11-3-7-15-31(27)39)28-12-4-8-16-32(28)40/h1-20,45-46H,21-22,37-40H2. The van der Waals surface area contributed by atoms with Crippen molar-refractivity contribution in [1.29, 1.82) is 0 Å². The van der Waals surface area contributed by atoms with Crippen LogP contribution in [0.2, 0.25) is 0 Å². The van der Waals surface area contributed by atoms with Gasteiger partial charge < -0.3 is 32.4 Å². The summed E-state index contributed by atoms with van der Waals surface area (Å²) in [5, 5.41) is 0. The molecule has 0 amide bonds. The molecular formula is C36H34N4O4S2. The maximum Gasteiger partial charge on any atom is 0.338 e. The normalized spacial score (nSPS) is 11.5. The van der Waals surface area contributed by atoms with Crippen molar-refractivity contribution in [2.24, 2.45) is 0 Å². The largest absolute Gasteiger partial charge is 0.460 e. The fourth-order valence-corrected chi connectivity index (χ4v) is 6.29. The van der Waals surface area contributed by atoms with Crippen LogP contribution < -0.4 is 22.9 Å². The third kappa shape index (κ3) is 6.49. The van der Waals surface area contributed by atoms with Gasteiger partial charge in [-0.3, -0.25) is 0 Å². The number of benzene rings is 5. The summed E-state index contributed by atoms with van der Waals surface area (Å²) in [4.78, 5) is 26.3. The van der Waals surface area contributed by atoms with E-state index in [1.165, 1.54) is 24.3 Å². The van der Waals surface area contributed by atoms with E-state index in [0.29, 0.717) is 45.0 Å². The Morgan fingerprint density at radius 3 is 0.935 bits per heavy atom. The summed E-state index contributed by atoms with van der Waals surface area (Å²) in [5.41, 5.74) is 30.2. The summed E-state index contributed by atoms with van der Waals surface area (Å²) in [6, 6.07) is 34.8. The Hall–Kier alpha value is -5.06. The average Bonchev–Trinajstić information content (AvgIpc) is 3.06. The predicted octanol–water partition coefficient (Wildman–Crippen LogP) is 6.08. The second-order valence-electron chi connectivity index (χ2n) is 10.8. The molecule has 0 aromatic heterocycles. The van der Waals surface area contributed by atoms with Crippen molar-refractivity contribution in [3.63, 3.8) is 0 Å². The van der Waals surface area contributed by atoms with Crippen LogP contribution in [0.25, 0.3) is 0 Å². The first-order valence-corrected chi connectivity index (χ1v) is 15.2. The molecule has 0 fully saturated rings. The lowest BCUT2D eigenvalue weighted by molar-refractivity contribution is 0.0465. The van der Waals surface area contributed by atoms with Crippen LogP contribution in [-0.2, 0) is 19.0 Å². The van der Waals surface area contributed by atoms with Crippen LogP contribution in [0.5, 0.6) is 0 Å². The van der Waals surface area contributed by atoms with Gasteiger partial charge in [-0.05, 0) is 70.8 Å². The van der Waals surface area contributed by atoms with Gasteiger partial charge in [0.05, 0.1) is 11.1 Å². The average molecular weight is 651 g/mol. The summed E-state index contributed by atoms with van der Waals surface area (Å²) in [5.74, 6) is -1.23. The van der Waals surface area contributed by atoms with Gasteiger partial charge in [0.25, 0.3) is 0 Å². The second kappa shape index (κ2) is 13.5. The molecule has 5 rings (SSSR count). The Labute approximate surface area is 278 Å². The lowest BCUT2D eigenvalue weighted by atomic mass is 9.88. The molecule has 0 unspecified atom stereocenters. The molecule has 0 aliphatic heterocycles. The molecule has 0 aliphatic carbocycles. The Bertz CT molecular complexity index is 1650. The number of carbonyl (C=O) groups is 2. The minimum Gasteiger partial charge on any atom is -0.460 e. The maximum absolute atomic E-state index is 13.2. The fourth-order valence-electron chi connectivity index (χ4n) is 5.34. The van der Waals surface area contributed by atoms with Gasteiger partial charge in [-0.1, -0.05) is 72.8 Å². The summed E-state index contributed by atoms with van der Waals surface area (Å²) in [6.07, 6.45) is 0. The summed E-state index contributed by atoms with van der Waals surface area (Å²) in [7, 11) is 0. The van der Waals surface area contributed by atoms with E-state index >= 15 is 0 Å². The van der Waals surface area contributed by atoms with Crippen molar-refractivity contribution in [2.75, 3.05) is 36.1 Å². The van der Waals surface area contributed by atoms with Gasteiger partial charge >= 0.3 is 11.9 Å². The summed E-state index contributed by atoms with van der Waals surface area (Å²) >= 11 is 9.92. The molecule has 0 bridgehead atoms. The lowest BCUT2D eigenvalue weighted by Crippen LogP contribution is -2.31. The highest BCUT2D eigenvalue weighted by atomic mass is 32.1. The van der Waals surface area contributed by atoms with Crippen LogP contribution in [0.1, 0.15) is 43.0 Å². The van der Waals surface area contributed by atoms with Crippen molar-refractivity contribution in [3.05, 3.63) is 155 Å². The van der Waals surface area contributed by atoms with E-state index in [1.807, 2.05) is 72.8 Å². The van der Waals surface area contributed by atoms with Gasteiger partial charge in [0.1, 0.15) is 22.7 Å². The quantitative estimate of drug-likeness (QED) is 0.0604. The Morgan fingerprint density at radius 1 is 0.457 bits per heavy atom. The highest BCUT2D eigenvalue weighted by Gasteiger charge is 2.37. The van der Waals surface area contributed by atoms with Gasteiger partial charge in [0, 0.05) is 22.7 Å². The van der Waals surface area contributed by atoms with Crippen LogP contribution in [0.15, 0.2) is 121 Å². The van der Waals surface area contributed by atoms with Crippen molar-refractivity contribution in [1.82, 2.24) is 0 Å². The van der Waals surface area contributed by atoms with E-state index in [9.17, 15) is 9.59 Å². The summed E-state index contributed by atoms with van der Waals surface area (Å²) in [6.45, 7) is -0.313. The smallest absolute Gasteiger partial charge is 0.338 e. The molecule has 0 aliphatic rings. The van der Waals surface area contributed by atoms with E-state index in [0.717, 1.165) is 0 Å². The first kappa shape index (κ1) is 32.3. The third-order valence-electron chi connectivity index (χ3n) is 7.81. The first-order valence-electron chi connectivity index (χ1n) is 14.3. The predicted molar refractivity (Wildman–Crippen MR) is 190 cm³/mol. The number of carbonyl (C=O) groups excluding carboxylic acids is 2.